The highest BCUT2D eigenvalue weighted by Crippen LogP contribution is 2.08. The number of alkyl carbamates (subject to hydrolysis) is 1. The van der Waals surface area contributed by atoms with E-state index in [9.17, 15) is 9.59 Å². The molecule has 0 aromatic rings. The Kier molecular flexibility index (Phi) is 6.33. The van der Waals surface area contributed by atoms with E-state index in [1.165, 1.54) is 4.90 Å². The normalized spacial score (nSPS) is 13.9. The number of likely N-dealkylation sites (N-methyl/N-ethyl adjacent to an activating group) is 1. The first kappa shape index (κ1) is 17.2. The lowest BCUT2D eigenvalue weighted by molar-refractivity contribution is -0.133. The van der Waals surface area contributed by atoms with Crippen LogP contribution in [0.4, 0.5) is 4.79 Å². The number of ether oxygens (including phenoxy) is 1. The highest BCUT2D eigenvalue weighted by atomic mass is 16.6. The minimum atomic E-state index is -0.694. The molecule has 2 atom stereocenters. The van der Waals surface area contributed by atoms with E-state index in [-0.39, 0.29) is 18.4 Å². The van der Waals surface area contributed by atoms with Crippen molar-refractivity contribution in [3.8, 4) is 6.07 Å². The van der Waals surface area contributed by atoms with Crippen molar-refractivity contribution in [3.05, 3.63) is 0 Å². The molecule has 0 aliphatic carbocycles. The molecule has 2 amide bonds. The molecule has 6 nitrogen and oxygen atoms in total. The second kappa shape index (κ2) is 6.98. The molecule has 0 rings (SSSR count). The topological polar surface area (TPSA) is 82.4 Å². The third-order valence-electron chi connectivity index (χ3n) is 2.50. The summed E-state index contributed by atoms with van der Waals surface area (Å²) in [5.74, 6) is -0.256. The predicted octanol–water partition coefficient (Wildman–Crippen LogP) is 1.66. The predicted molar refractivity (Wildman–Crippen MR) is 71.3 cm³/mol. The Balaban J connectivity index is 4.43. The molecule has 0 aliphatic heterocycles. The Morgan fingerprint density at radius 2 is 1.89 bits per heavy atom. The summed E-state index contributed by atoms with van der Waals surface area (Å²) in [6.45, 7) is 8.61. The lowest BCUT2D eigenvalue weighted by atomic mass is 10.2. The molecule has 108 valence electrons. The fourth-order valence-corrected chi connectivity index (χ4v) is 1.34. The van der Waals surface area contributed by atoms with E-state index < -0.39 is 17.7 Å². The zero-order chi connectivity index (χ0) is 15.2. The minimum Gasteiger partial charge on any atom is -0.444 e. The molecular weight excluding hydrogens is 246 g/mol. The fraction of sp³-hybridized carbons (Fsp3) is 0.769. The molecule has 0 saturated heterocycles. The van der Waals surface area contributed by atoms with Crippen molar-refractivity contribution in [2.45, 2.75) is 58.7 Å². The van der Waals surface area contributed by atoms with Crippen LogP contribution < -0.4 is 5.32 Å². The molecule has 0 aliphatic rings. The summed E-state index contributed by atoms with van der Waals surface area (Å²) in [5.41, 5.74) is -0.604. The molecule has 1 unspecified atom stereocenters. The summed E-state index contributed by atoms with van der Waals surface area (Å²) in [7, 11) is 1.61. The van der Waals surface area contributed by atoms with Crippen LogP contribution in [0.25, 0.3) is 0 Å². The van der Waals surface area contributed by atoms with Gasteiger partial charge in [0.2, 0.25) is 5.91 Å². The fourth-order valence-electron chi connectivity index (χ4n) is 1.34. The lowest BCUT2D eigenvalue weighted by Gasteiger charge is -2.27. The Morgan fingerprint density at radius 1 is 1.37 bits per heavy atom. The highest BCUT2D eigenvalue weighted by Gasteiger charge is 2.25. The van der Waals surface area contributed by atoms with Crippen LogP contribution in [0.5, 0.6) is 0 Å². The van der Waals surface area contributed by atoms with E-state index in [1.54, 1.807) is 41.7 Å². The molecule has 0 radical (unpaired) electrons. The Hall–Kier alpha value is -1.77. The second-order valence-electron chi connectivity index (χ2n) is 5.53. The average Bonchev–Trinajstić information content (AvgIpc) is 2.24. The molecule has 6 heteroatoms. The van der Waals surface area contributed by atoms with Crippen molar-refractivity contribution in [2.24, 2.45) is 0 Å². The highest BCUT2D eigenvalue weighted by molar-refractivity contribution is 5.85. The van der Waals surface area contributed by atoms with Gasteiger partial charge in [-0.2, -0.15) is 5.26 Å². The maximum Gasteiger partial charge on any atom is 0.408 e. The van der Waals surface area contributed by atoms with Crippen LogP contribution in [0.15, 0.2) is 0 Å². The van der Waals surface area contributed by atoms with Gasteiger partial charge in [-0.1, -0.05) is 0 Å². The maximum absolute atomic E-state index is 12.0. The summed E-state index contributed by atoms with van der Waals surface area (Å²) >= 11 is 0. The quantitative estimate of drug-likeness (QED) is 0.841. The van der Waals surface area contributed by atoms with Crippen molar-refractivity contribution in [3.63, 3.8) is 0 Å². The number of amides is 2. The maximum atomic E-state index is 12.0. The van der Waals surface area contributed by atoms with Gasteiger partial charge < -0.3 is 15.0 Å². The SMILES string of the molecule is CC(CC#N)N(C)C(=O)[C@@H](C)NC(=O)OC(C)(C)C. The van der Waals surface area contributed by atoms with Crippen molar-refractivity contribution < 1.29 is 14.3 Å². The summed E-state index contributed by atoms with van der Waals surface area (Å²) in [5, 5.41) is 11.1. The molecule has 0 bridgehead atoms. The van der Waals surface area contributed by atoms with Gasteiger partial charge in [0.15, 0.2) is 0 Å². The largest absolute Gasteiger partial charge is 0.444 e. The van der Waals surface area contributed by atoms with Gasteiger partial charge in [0.1, 0.15) is 11.6 Å². The van der Waals surface area contributed by atoms with E-state index in [1.807, 2.05) is 6.07 Å². The van der Waals surface area contributed by atoms with E-state index >= 15 is 0 Å². The van der Waals surface area contributed by atoms with Crippen LogP contribution in [0, 0.1) is 11.3 Å². The first-order valence-electron chi connectivity index (χ1n) is 6.21. The number of nitrogens with one attached hydrogen (secondary N) is 1. The zero-order valence-electron chi connectivity index (χ0n) is 12.5. The van der Waals surface area contributed by atoms with Gasteiger partial charge in [-0.05, 0) is 34.6 Å². The molecule has 0 fully saturated rings. The van der Waals surface area contributed by atoms with Crippen LogP contribution in [0.1, 0.15) is 41.0 Å². The number of rotatable bonds is 4. The van der Waals surface area contributed by atoms with Gasteiger partial charge in [-0.25, -0.2) is 4.79 Å². The molecule has 1 N–H and O–H groups in total. The zero-order valence-corrected chi connectivity index (χ0v) is 12.5. The van der Waals surface area contributed by atoms with Gasteiger partial charge in [0, 0.05) is 13.1 Å². The number of carbonyl (C=O) groups excluding carboxylic acids is 2. The van der Waals surface area contributed by atoms with Crippen molar-refractivity contribution in [1.82, 2.24) is 10.2 Å². The second-order valence-corrected chi connectivity index (χ2v) is 5.53. The summed E-state index contributed by atoms with van der Waals surface area (Å²) in [6.07, 6.45) is -0.379. The van der Waals surface area contributed by atoms with Crippen LogP contribution in [0.3, 0.4) is 0 Å². The van der Waals surface area contributed by atoms with Crippen LogP contribution in [-0.2, 0) is 9.53 Å². The summed E-state index contributed by atoms with van der Waals surface area (Å²) < 4.78 is 5.07. The summed E-state index contributed by atoms with van der Waals surface area (Å²) in [4.78, 5) is 25.0. The summed E-state index contributed by atoms with van der Waals surface area (Å²) in [6, 6.07) is 1.12. The first-order valence-corrected chi connectivity index (χ1v) is 6.21. The minimum absolute atomic E-state index is 0.194. The van der Waals surface area contributed by atoms with Crippen molar-refractivity contribution in [2.75, 3.05) is 7.05 Å². The third-order valence-corrected chi connectivity index (χ3v) is 2.50. The van der Waals surface area contributed by atoms with Crippen molar-refractivity contribution >= 4 is 12.0 Å². The lowest BCUT2D eigenvalue weighted by Crippen LogP contribution is -2.49. The van der Waals surface area contributed by atoms with E-state index in [0.717, 1.165) is 0 Å². The smallest absolute Gasteiger partial charge is 0.408 e. The monoisotopic (exact) mass is 269 g/mol. The van der Waals surface area contributed by atoms with Gasteiger partial charge in [0.05, 0.1) is 12.5 Å². The third kappa shape index (κ3) is 6.65. The van der Waals surface area contributed by atoms with E-state index in [0.29, 0.717) is 0 Å². The van der Waals surface area contributed by atoms with Crippen LogP contribution in [0.2, 0.25) is 0 Å². The Bertz CT molecular complexity index is 368. The number of carbonyl (C=O) groups is 2. The van der Waals surface area contributed by atoms with E-state index in [2.05, 4.69) is 5.32 Å². The van der Waals surface area contributed by atoms with Crippen LogP contribution >= 0.6 is 0 Å². The standard InChI is InChI=1S/C13H23N3O3/c1-9(7-8-14)16(6)11(17)10(2)15-12(18)19-13(3,4)5/h9-10H,7H2,1-6H3,(H,15,18)/t9?,10-/m1/s1. The van der Waals surface area contributed by atoms with Crippen molar-refractivity contribution in [1.29, 1.82) is 5.26 Å². The number of hydrogen-bond acceptors (Lipinski definition) is 4. The molecule has 19 heavy (non-hydrogen) atoms. The molecule has 0 spiro atoms. The van der Waals surface area contributed by atoms with Gasteiger partial charge in [0.25, 0.3) is 0 Å². The van der Waals surface area contributed by atoms with Gasteiger partial charge >= 0.3 is 6.09 Å². The average molecular weight is 269 g/mol. The molecular formula is C13H23N3O3. The van der Waals surface area contributed by atoms with Gasteiger partial charge in [-0.3, -0.25) is 4.79 Å². The molecule has 0 aromatic heterocycles. The number of nitriles is 1. The number of hydrogen-bond donors (Lipinski definition) is 1. The Morgan fingerprint density at radius 3 is 2.32 bits per heavy atom. The molecule has 0 aromatic carbocycles. The first-order chi connectivity index (χ1) is 8.58. The number of nitrogens with zero attached hydrogens (tertiary/aromatic N) is 2. The van der Waals surface area contributed by atoms with Gasteiger partial charge in [-0.15, -0.1) is 0 Å². The van der Waals surface area contributed by atoms with E-state index in [4.69, 9.17) is 10.00 Å². The molecule has 0 heterocycles. The molecule has 0 saturated carbocycles. The van der Waals surface area contributed by atoms with Crippen LogP contribution in [-0.4, -0.2) is 41.6 Å². The Labute approximate surface area is 114 Å².